The lowest BCUT2D eigenvalue weighted by Crippen LogP contribution is -2.28. The molecule has 6 heteroatoms. The highest BCUT2D eigenvalue weighted by Gasteiger charge is 2.20. The minimum Gasteiger partial charge on any atom is -0.373 e. The number of nitrogens with one attached hydrogen (secondary N) is 1. The molecule has 0 aliphatic heterocycles. The maximum Gasteiger partial charge on any atom is 0.243 e. The maximum atomic E-state index is 12.2. The molecule has 5 nitrogen and oxygen atoms in total. The number of nitrogens with zero attached hydrogens (tertiary/aromatic N) is 2. The van der Waals surface area contributed by atoms with E-state index < -0.39 is 10.0 Å². The van der Waals surface area contributed by atoms with Crippen molar-refractivity contribution in [1.82, 2.24) is 9.29 Å². The van der Waals surface area contributed by atoms with Crippen LogP contribution in [-0.4, -0.2) is 38.3 Å². The Kier molecular flexibility index (Phi) is 4.89. The van der Waals surface area contributed by atoms with E-state index in [4.69, 9.17) is 0 Å². The number of aromatic nitrogens is 1. The van der Waals surface area contributed by atoms with Crippen LogP contribution in [0.3, 0.4) is 0 Å². The van der Waals surface area contributed by atoms with Crippen molar-refractivity contribution in [2.45, 2.75) is 24.7 Å². The van der Waals surface area contributed by atoms with Crippen LogP contribution >= 0.6 is 0 Å². The predicted molar refractivity (Wildman–Crippen MR) is 68.5 cm³/mol. The predicted octanol–water partition coefficient (Wildman–Crippen LogP) is 1.54. The Labute approximate surface area is 103 Å². The van der Waals surface area contributed by atoms with Gasteiger partial charge in [-0.05, 0) is 12.5 Å². The van der Waals surface area contributed by atoms with Crippen LogP contribution in [0.25, 0.3) is 0 Å². The molecule has 1 heterocycles. The van der Waals surface area contributed by atoms with E-state index in [1.807, 2.05) is 6.92 Å². The monoisotopic (exact) mass is 257 g/mol. The minimum atomic E-state index is -3.39. The number of sulfonamides is 1. The fraction of sp³-hybridized carbons (Fsp3) is 0.545. The van der Waals surface area contributed by atoms with Gasteiger partial charge in [0.25, 0.3) is 0 Å². The van der Waals surface area contributed by atoms with Gasteiger partial charge in [-0.25, -0.2) is 17.7 Å². The number of hydrogen-bond acceptors (Lipinski definition) is 4. The average molecular weight is 257 g/mol. The van der Waals surface area contributed by atoms with Crippen LogP contribution in [0.5, 0.6) is 0 Å². The van der Waals surface area contributed by atoms with Gasteiger partial charge >= 0.3 is 0 Å². The third-order valence-electron chi connectivity index (χ3n) is 2.52. The van der Waals surface area contributed by atoms with Gasteiger partial charge in [-0.15, -0.1) is 0 Å². The van der Waals surface area contributed by atoms with Crippen molar-refractivity contribution in [3.63, 3.8) is 0 Å². The van der Waals surface area contributed by atoms with Gasteiger partial charge in [-0.1, -0.05) is 13.3 Å². The fourth-order valence-corrected chi connectivity index (χ4v) is 2.61. The molecule has 1 aromatic heterocycles. The van der Waals surface area contributed by atoms with Gasteiger partial charge < -0.3 is 5.32 Å². The van der Waals surface area contributed by atoms with Gasteiger partial charge in [0.2, 0.25) is 10.0 Å². The molecular formula is C11H19N3O2S. The van der Waals surface area contributed by atoms with E-state index in [9.17, 15) is 8.42 Å². The largest absolute Gasteiger partial charge is 0.373 e. The van der Waals surface area contributed by atoms with E-state index in [0.29, 0.717) is 12.4 Å². The second kappa shape index (κ2) is 5.97. The lowest BCUT2D eigenvalue weighted by atomic mass is 10.3. The molecule has 1 N–H and O–H groups in total. The standard InChI is InChI=1S/C11H19N3O2S/c1-4-5-8-14(3)17(15,16)10-6-7-13-11(9-10)12-2/h6-7,9H,4-5,8H2,1-3H3,(H,12,13). The van der Waals surface area contributed by atoms with Crippen molar-refractivity contribution in [2.24, 2.45) is 0 Å². The molecule has 0 aromatic carbocycles. The minimum absolute atomic E-state index is 0.274. The first-order valence-electron chi connectivity index (χ1n) is 5.62. The number of pyridine rings is 1. The molecule has 0 radical (unpaired) electrons. The van der Waals surface area contributed by atoms with E-state index in [2.05, 4.69) is 10.3 Å². The molecule has 0 aliphatic rings. The zero-order valence-corrected chi connectivity index (χ0v) is 11.3. The van der Waals surface area contributed by atoms with Gasteiger partial charge in [-0.3, -0.25) is 0 Å². The highest BCUT2D eigenvalue weighted by atomic mass is 32.2. The van der Waals surface area contributed by atoms with Crippen LogP contribution in [-0.2, 0) is 10.0 Å². The second-order valence-electron chi connectivity index (χ2n) is 3.81. The first-order valence-corrected chi connectivity index (χ1v) is 7.06. The lowest BCUT2D eigenvalue weighted by Gasteiger charge is -2.16. The summed E-state index contributed by atoms with van der Waals surface area (Å²) in [6.07, 6.45) is 3.32. The Hall–Kier alpha value is -1.14. The molecule has 0 fully saturated rings. The summed E-state index contributed by atoms with van der Waals surface area (Å²) < 4.78 is 25.7. The summed E-state index contributed by atoms with van der Waals surface area (Å²) in [4.78, 5) is 4.27. The first-order chi connectivity index (χ1) is 8.02. The van der Waals surface area contributed by atoms with Crippen LogP contribution in [0.1, 0.15) is 19.8 Å². The number of rotatable bonds is 6. The summed E-state index contributed by atoms with van der Waals surface area (Å²) in [6, 6.07) is 3.05. The molecule has 0 atom stereocenters. The van der Waals surface area contributed by atoms with Gasteiger partial charge in [-0.2, -0.15) is 0 Å². The normalized spacial score (nSPS) is 11.8. The number of unbranched alkanes of at least 4 members (excludes halogenated alkanes) is 1. The van der Waals surface area contributed by atoms with Gasteiger partial charge in [0.05, 0.1) is 4.90 Å². The SMILES string of the molecule is CCCCN(C)S(=O)(=O)c1ccnc(NC)c1. The van der Waals surface area contributed by atoms with Crippen molar-refractivity contribution >= 4 is 15.8 Å². The zero-order chi connectivity index (χ0) is 12.9. The smallest absolute Gasteiger partial charge is 0.243 e. The molecule has 0 aliphatic carbocycles. The van der Waals surface area contributed by atoms with Crippen molar-refractivity contribution in [3.8, 4) is 0 Å². The molecule has 96 valence electrons. The Morgan fingerprint density at radius 1 is 1.47 bits per heavy atom. The molecule has 0 unspecified atom stereocenters. The molecule has 0 bridgehead atoms. The second-order valence-corrected chi connectivity index (χ2v) is 5.85. The first kappa shape index (κ1) is 13.9. The summed E-state index contributed by atoms with van der Waals surface area (Å²) in [7, 11) is -0.0810. The molecule has 0 amide bonds. The van der Waals surface area contributed by atoms with Crippen LogP contribution in [0.15, 0.2) is 23.2 Å². The molecule has 17 heavy (non-hydrogen) atoms. The molecular weight excluding hydrogens is 238 g/mol. The highest BCUT2D eigenvalue weighted by Crippen LogP contribution is 2.16. The van der Waals surface area contributed by atoms with Gasteiger partial charge in [0, 0.05) is 32.9 Å². The fourth-order valence-electron chi connectivity index (χ4n) is 1.39. The van der Waals surface area contributed by atoms with Crippen LogP contribution < -0.4 is 5.32 Å². The molecule has 0 saturated carbocycles. The quantitative estimate of drug-likeness (QED) is 0.839. The Bertz CT molecular complexity index is 460. The van der Waals surface area contributed by atoms with Crippen molar-refractivity contribution in [2.75, 3.05) is 26.0 Å². The van der Waals surface area contributed by atoms with E-state index in [1.54, 1.807) is 14.1 Å². The van der Waals surface area contributed by atoms with Crippen molar-refractivity contribution in [3.05, 3.63) is 18.3 Å². The Morgan fingerprint density at radius 3 is 2.76 bits per heavy atom. The number of hydrogen-bond donors (Lipinski definition) is 1. The highest BCUT2D eigenvalue weighted by molar-refractivity contribution is 7.89. The van der Waals surface area contributed by atoms with Crippen LogP contribution in [0.4, 0.5) is 5.82 Å². The van der Waals surface area contributed by atoms with Crippen LogP contribution in [0.2, 0.25) is 0 Å². The third-order valence-corrected chi connectivity index (χ3v) is 4.38. The van der Waals surface area contributed by atoms with E-state index >= 15 is 0 Å². The Balaban J connectivity index is 2.95. The molecule has 0 saturated heterocycles. The molecule has 0 spiro atoms. The summed E-state index contributed by atoms with van der Waals surface area (Å²) in [5.74, 6) is 0.551. The average Bonchev–Trinajstić information content (AvgIpc) is 2.35. The van der Waals surface area contributed by atoms with Gasteiger partial charge in [0.1, 0.15) is 5.82 Å². The molecule has 1 rings (SSSR count). The van der Waals surface area contributed by atoms with Gasteiger partial charge in [0.15, 0.2) is 0 Å². The summed E-state index contributed by atoms with van der Waals surface area (Å²) in [5.41, 5.74) is 0. The number of anilines is 1. The summed E-state index contributed by atoms with van der Waals surface area (Å²) in [5, 5.41) is 2.83. The topological polar surface area (TPSA) is 62.3 Å². The molecule has 1 aromatic rings. The lowest BCUT2D eigenvalue weighted by molar-refractivity contribution is 0.459. The van der Waals surface area contributed by atoms with Crippen molar-refractivity contribution in [1.29, 1.82) is 0 Å². The maximum absolute atomic E-state index is 12.2. The zero-order valence-electron chi connectivity index (χ0n) is 10.5. The third kappa shape index (κ3) is 3.41. The van der Waals surface area contributed by atoms with Crippen molar-refractivity contribution < 1.29 is 8.42 Å². The van der Waals surface area contributed by atoms with Crippen LogP contribution in [0, 0.1) is 0 Å². The van der Waals surface area contributed by atoms with E-state index in [0.717, 1.165) is 12.8 Å². The Morgan fingerprint density at radius 2 is 2.18 bits per heavy atom. The van der Waals surface area contributed by atoms with E-state index in [-0.39, 0.29) is 4.90 Å². The summed E-state index contributed by atoms with van der Waals surface area (Å²) in [6.45, 7) is 2.57. The van der Waals surface area contributed by atoms with E-state index in [1.165, 1.54) is 22.6 Å². The summed E-state index contributed by atoms with van der Waals surface area (Å²) >= 11 is 0.